The van der Waals surface area contributed by atoms with Crippen LogP contribution in [0.5, 0.6) is 0 Å². The molecule has 18 heavy (non-hydrogen) atoms. The van der Waals surface area contributed by atoms with Gasteiger partial charge in [0.05, 0.1) is 6.04 Å². The smallest absolute Gasteiger partial charge is 0.128 e. The monoisotopic (exact) mass is 244 g/mol. The highest BCUT2D eigenvalue weighted by atomic mass is 19.1. The topological polar surface area (TPSA) is 38.0 Å². The largest absolute Gasteiger partial charge is 0.377 e. The van der Waals surface area contributed by atoms with Gasteiger partial charge < -0.3 is 11.1 Å². The Balaban J connectivity index is 2.23. The highest BCUT2D eigenvalue weighted by Crippen LogP contribution is 2.21. The molecule has 2 aromatic carbocycles. The van der Waals surface area contributed by atoms with Gasteiger partial charge in [-0.05, 0) is 30.7 Å². The van der Waals surface area contributed by atoms with Gasteiger partial charge in [0.25, 0.3) is 0 Å². The quantitative estimate of drug-likeness (QED) is 0.866. The molecule has 2 aromatic rings. The number of nitrogens with two attached hydrogens (primary N) is 1. The molecule has 0 saturated heterocycles. The molecule has 0 aliphatic heterocycles. The summed E-state index contributed by atoms with van der Waals surface area (Å²) in [6.45, 7) is 2.36. The highest BCUT2D eigenvalue weighted by molar-refractivity contribution is 5.47. The van der Waals surface area contributed by atoms with E-state index in [4.69, 9.17) is 5.73 Å². The molecule has 3 heteroatoms. The fraction of sp³-hybridized carbons (Fsp3) is 0.200. The van der Waals surface area contributed by atoms with Crippen LogP contribution in [0, 0.1) is 12.7 Å². The molecule has 0 heterocycles. The number of aryl methyl sites for hydroxylation is 1. The maximum Gasteiger partial charge on any atom is 0.128 e. The summed E-state index contributed by atoms with van der Waals surface area (Å²) in [6.07, 6.45) is 0. The van der Waals surface area contributed by atoms with Crippen LogP contribution in [0.3, 0.4) is 0 Å². The van der Waals surface area contributed by atoms with Crippen molar-refractivity contribution >= 4 is 5.69 Å². The van der Waals surface area contributed by atoms with E-state index in [2.05, 4.69) is 5.32 Å². The first kappa shape index (κ1) is 12.6. The van der Waals surface area contributed by atoms with Crippen LogP contribution in [0.15, 0.2) is 48.5 Å². The second-order valence-electron chi connectivity index (χ2n) is 4.32. The summed E-state index contributed by atoms with van der Waals surface area (Å²) in [6, 6.07) is 14.5. The lowest BCUT2D eigenvalue weighted by atomic mass is 10.1. The maximum atomic E-state index is 13.7. The molecule has 0 fully saturated rings. The van der Waals surface area contributed by atoms with Gasteiger partial charge in [-0.3, -0.25) is 0 Å². The lowest BCUT2D eigenvalue weighted by molar-refractivity contribution is 0.593. The van der Waals surface area contributed by atoms with Gasteiger partial charge >= 0.3 is 0 Å². The van der Waals surface area contributed by atoms with Crippen LogP contribution in [-0.4, -0.2) is 6.54 Å². The molecule has 1 unspecified atom stereocenters. The first-order valence-corrected chi connectivity index (χ1v) is 5.98. The van der Waals surface area contributed by atoms with Gasteiger partial charge in [-0.1, -0.05) is 30.3 Å². The van der Waals surface area contributed by atoms with Crippen LogP contribution in [0.1, 0.15) is 17.2 Å². The standard InChI is InChI=1S/C15H17FN2/c1-11-5-4-6-12(9-11)18-15(10-17)13-7-2-3-8-14(13)16/h2-9,15,18H,10,17H2,1H3. The Morgan fingerprint density at radius 3 is 2.61 bits per heavy atom. The Bertz CT molecular complexity index is 525. The Morgan fingerprint density at radius 2 is 1.94 bits per heavy atom. The summed E-state index contributed by atoms with van der Waals surface area (Å²) in [5.41, 5.74) is 8.44. The van der Waals surface area contributed by atoms with E-state index in [-0.39, 0.29) is 11.9 Å². The molecule has 0 radical (unpaired) electrons. The lowest BCUT2D eigenvalue weighted by Crippen LogP contribution is -2.21. The van der Waals surface area contributed by atoms with E-state index < -0.39 is 0 Å². The minimum Gasteiger partial charge on any atom is -0.377 e. The fourth-order valence-electron chi connectivity index (χ4n) is 1.96. The van der Waals surface area contributed by atoms with Crippen molar-refractivity contribution in [3.05, 3.63) is 65.5 Å². The second kappa shape index (κ2) is 5.65. The number of halogens is 1. The van der Waals surface area contributed by atoms with Crippen molar-refractivity contribution in [1.82, 2.24) is 0 Å². The van der Waals surface area contributed by atoms with E-state index in [1.165, 1.54) is 6.07 Å². The molecule has 3 N–H and O–H groups in total. The van der Waals surface area contributed by atoms with Crippen molar-refractivity contribution in [2.45, 2.75) is 13.0 Å². The average molecular weight is 244 g/mol. The number of anilines is 1. The zero-order valence-corrected chi connectivity index (χ0v) is 10.4. The maximum absolute atomic E-state index is 13.7. The van der Waals surface area contributed by atoms with Crippen molar-refractivity contribution in [3.8, 4) is 0 Å². The molecule has 0 spiro atoms. The van der Waals surface area contributed by atoms with Crippen molar-refractivity contribution in [3.63, 3.8) is 0 Å². The summed E-state index contributed by atoms with van der Waals surface area (Å²) in [7, 11) is 0. The van der Waals surface area contributed by atoms with Gasteiger partial charge in [-0.2, -0.15) is 0 Å². The zero-order valence-electron chi connectivity index (χ0n) is 10.4. The summed E-state index contributed by atoms with van der Waals surface area (Å²) >= 11 is 0. The van der Waals surface area contributed by atoms with Crippen molar-refractivity contribution in [2.24, 2.45) is 5.73 Å². The van der Waals surface area contributed by atoms with Crippen molar-refractivity contribution in [2.75, 3.05) is 11.9 Å². The lowest BCUT2D eigenvalue weighted by Gasteiger charge is -2.19. The van der Waals surface area contributed by atoms with Crippen LogP contribution in [-0.2, 0) is 0 Å². The third kappa shape index (κ3) is 2.87. The second-order valence-corrected chi connectivity index (χ2v) is 4.32. The molecule has 94 valence electrons. The Morgan fingerprint density at radius 1 is 1.17 bits per heavy atom. The first-order chi connectivity index (χ1) is 8.70. The van der Waals surface area contributed by atoms with Crippen LogP contribution in [0.2, 0.25) is 0 Å². The molecule has 0 aromatic heterocycles. The van der Waals surface area contributed by atoms with Gasteiger partial charge in [-0.25, -0.2) is 4.39 Å². The highest BCUT2D eigenvalue weighted by Gasteiger charge is 2.13. The van der Waals surface area contributed by atoms with Crippen LogP contribution in [0.25, 0.3) is 0 Å². The Hall–Kier alpha value is -1.87. The molecule has 0 aliphatic rings. The minimum atomic E-state index is -0.229. The van der Waals surface area contributed by atoms with Gasteiger partial charge in [0.1, 0.15) is 5.82 Å². The molecular formula is C15H17FN2. The van der Waals surface area contributed by atoms with Crippen LogP contribution in [0.4, 0.5) is 10.1 Å². The normalized spacial score (nSPS) is 12.2. The molecule has 1 atom stereocenters. The first-order valence-electron chi connectivity index (χ1n) is 5.98. The minimum absolute atomic E-state index is 0.215. The molecule has 0 amide bonds. The predicted octanol–water partition coefficient (Wildman–Crippen LogP) is 3.25. The number of benzene rings is 2. The molecular weight excluding hydrogens is 227 g/mol. The van der Waals surface area contributed by atoms with Crippen molar-refractivity contribution in [1.29, 1.82) is 0 Å². The van der Waals surface area contributed by atoms with Gasteiger partial charge in [0, 0.05) is 17.8 Å². The van der Waals surface area contributed by atoms with Gasteiger partial charge in [-0.15, -0.1) is 0 Å². The molecule has 0 saturated carbocycles. The summed E-state index contributed by atoms with van der Waals surface area (Å²) in [4.78, 5) is 0. The van der Waals surface area contributed by atoms with Gasteiger partial charge in [0.2, 0.25) is 0 Å². The predicted molar refractivity (Wildman–Crippen MR) is 73.0 cm³/mol. The van der Waals surface area contributed by atoms with E-state index >= 15 is 0 Å². The van der Waals surface area contributed by atoms with E-state index in [0.717, 1.165) is 11.3 Å². The average Bonchev–Trinajstić information content (AvgIpc) is 2.37. The molecule has 2 nitrogen and oxygen atoms in total. The summed E-state index contributed by atoms with van der Waals surface area (Å²) in [5.74, 6) is -0.229. The third-order valence-corrected chi connectivity index (χ3v) is 2.88. The summed E-state index contributed by atoms with van der Waals surface area (Å²) < 4.78 is 13.7. The van der Waals surface area contributed by atoms with Crippen LogP contribution >= 0.6 is 0 Å². The van der Waals surface area contributed by atoms with E-state index in [1.807, 2.05) is 37.3 Å². The number of hydrogen-bond donors (Lipinski definition) is 2. The van der Waals surface area contributed by atoms with Gasteiger partial charge in [0.15, 0.2) is 0 Å². The molecule has 0 bridgehead atoms. The van der Waals surface area contributed by atoms with E-state index in [0.29, 0.717) is 12.1 Å². The third-order valence-electron chi connectivity index (χ3n) is 2.88. The zero-order chi connectivity index (χ0) is 13.0. The Kier molecular flexibility index (Phi) is 3.95. The Labute approximate surface area is 107 Å². The van der Waals surface area contributed by atoms with E-state index in [9.17, 15) is 4.39 Å². The fourth-order valence-corrected chi connectivity index (χ4v) is 1.96. The summed E-state index contributed by atoms with van der Waals surface area (Å²) in [5, 5.41) is 3.26. The van der Waals surface area contributed by atoms with Crippen LogP contribution < -0.4 is 11.1 Å². The molecule has 0 aliphatic carbocycles. The number of nitrogens with one attached hydrogen (secondary N) is 1. The number of rotatable bonds is 4. The van der Waals surface area contributed by atoms with Crippen molar-refractivity contribution < 1.29 is 4.39 Å². The SMILES string of the molecule is Cc1cccc(NC(CN)c2ccccc2F)c1. The number of hydrogen-bond acceptors (Lipinski definition) is 2. The van der Waals surface area contributed by atoms with E-state index in [1.54, 1.807) is 12.1 Å². The molecule has 2 rings (SSSR count).